The SMILES string of the molecule is C.C.C#CCC1C(=O)CCc2cc(C)cc(C)c21.C=O.C=O.CC.CCCc1ccc(C)cc1.[HH]. The first-order valence-electron chi connectivity index (χ1n) is 11.2. The van der Waals surface area contributed by atoms with E-state index in [-0.39, 0.29) is 22.2 Å². The molecule has 0 bridgehead atoms. The van der Waals surface area contributed by atoms with Gasteiger partial charge in [-0.3, -0.25) is 4.79 Å². The first-order chi connectivity index (χ1) is 15.5. The van der Waals surface area contributed by atoms with E-state index < -0.39 is 0 Å². The third-order valence-corrected chi connectivity index (χ3v) is 4.98. The molecule has 3 rings (SSSR count). The molecule has 0 fully saturated rings. The van der Waals surface area contributed by atoms with Gasteiger partial charge in [0.1, 0.15) is 19.4 Å². The molecule has 192 valence electrons. The Kier molecular flexibility index (Phi) is 26.1. The Bertz CT molecular complexity index is 834. The van der Waals surface area contributed by atoms with Crippen LogP contribution in [-0.4, -0.2) is 19.4 Å². The van der Waals surface area contributed by atoms with Crippen molar-refractivity contribution in [3.05, 3.63) is 69.8 Å². The van der Waals surface area contributed by atoms with Crippen LogP contribution in [0.3, 0.4) is 0 Å². The van der Waals surface area contributed by atoms with E-state index in [2.05, 4.69) is 70.0 Å². The van der Waals surface area contributed by atoms with Crippen molar-refractivity contribution in [1.82, 2.24) is 0 Å². The van der Waals surface area contributed by atoms with E-state index in [1.54, 1.807) is 0 Å². The Morgan fingerprint density at radius 2 is 1.47 bits per heavy atom. The summed E-state index contributed by atoms with van der Waals surface area (Å²) >= 11 is 0. The summed E-state index contributed by atoms with van der Waals surface area (Å²) in [5.74, 6) is 2.87. The second-order valence-electron chi connectivity index (χ2n) is 7.32. The molecule has 2 aromatic rings. The predicted molar refractivity (Wildman–Crippen MR) is 152 cm³/mol. The number of aryl methyl sites for hydroxylation is 5. The Hall–Kier alpha value is -2.99. The molecule has 3 nitrogen and oxygen atoms in total. The van der Waals surface area contributed by atoms with Gasteiger partial charge in [0, 0.05) is 14.3 Å². The molecule has 0 aromatic heterocycles. The van der Waals surface area contributed by atoms with Crippen LogP contribution in [0.1, 0.15) is 95.6 Å². The molecule has 0 heterocycles. The molecule has 0 saturated carbocycles. The summed E-state index contributed by atoms with van der Waals surface area (Å²) in [4.78, 5) is 27.9. The number of fused-ring (bicyclic) bond motifs is 1. The van der Waals surface area contributed by atoms with Gasteiger partial charge in [-0.1, -0.05) is 89.6 Å². The average Bonchev–Trinajstić information content (AvgIpc) is 2.82. The van der Waals surface area contributed by atoms with Crippen LogP contribution in [-0.2, 0) is 27.2 Å². The maximum atomic E-state index is 11.9. The molecular weight excluding hydrogens is 420 g/mol. The van der Waals surface area contributed by atoms with Gasteiger partial charge in [-0.05, 0) is 55.9 Å². The van der Waals surface area contributed by atoms with E-state index in [4.69, 9.17) is 16.0 Å². The molecular formula is C31H50O3. The number of hydrogen-bond acceptors (Lipinski definition) is 3. The van der Waals surface area contributed by atoms with E-state index in [0.29, 0.717) is 18.6 Å². The number of terminal acetylenes is 1. The normalized spacial score (nSPS) is 12.3. The monoisotopic (exact) mass is 470 g/mol. The van der Waals surface area contributed by atoms with Crippen molar-refractivity contribution >= 4 is 19.4 Å². The van der Waals surface area contributed by atoms with E-state index in [9.17, 15) is 4.79 Å². The topological polar surface area (TPSA) is 51.2 Å². The maximum Gasteiger partial charge on any atom is 0.141 e. The largest absolute Gasteiger partial charge is 0.307 e. The van der Waals surface area contributed by atoms with Gasteiger partial charge in [-0.25, -0.2) is 0 Å². The van der Waals surface area contributed by atoms with Crippen molar-refractivity contribution < 1.29 is 15.8 Å². The Balaban J connectivity index is -0.000000139. The molecule has 2 aromatic carbocycles. The van der Waals surface area contributed by atoms with Crippen LogP contribution >= 0.6 is 0 Å². The third-order valence-electron chi connectivity index (χ3n) is 4.98. The maximum absolute atomic E-state index is 11.9. The smallest absolute Gasteiger partial charge is 0.141 e. The van der Waals surface area contributed by atoms with Gasteiger partial charge in [-0.15, -0.1) is 12.3 Å². The number of hydrogen-bond donors (Lipinski definition) is 0. The number of rotatable bonds is 3. The molecule has 34 heavy (non-hydrogen) atoms. The number of ketones is 1. The Morgan fingerprint density at radius 3 is 1.94 bits per heavy atom. The fraction of sp³-hybridized carbons (Fsp3) is 0.452. The van der Waals surface area contributed by atoms with Crippen LogP contribution in [0.4, 0.5) is 0 Å². The second-order valence-corrected chi connectivity index (χ2v) is 7.32. The van der Waals surface area contributed by atoms with Crippen molar-refractivity contribution in [2.24, 2.45) is 0 Å². The summed E-state index contributed by atoms with van der Waals surface area (Å²) in [5.41, 5.74) is 7.79. The van der Waals surface area contributed by atoms with Crippen molar-refractivity contribution in [3.63, 3.8) is 0 Å². The lowest BCUT2D eigenvalue weighted by Gasteiger charge is -2.25. The van der Waals surface area contributed by atoms with Gasteiger partial charge in [0.05, 0.1) is 5.92 Å². The quantitative estimate of drug-likeness (QED) is 0.426. The van der Waals surface area contributed by atoms with Gasteiger partial charge < -0.3 is 9.59 Å². The van der Waals surface area contributed by atoms with Gasteiger partial charge >= 0.3 is 0 Å². The Morgan fingerprint density at radius 1 is 0.941 bits per heavy atom. The summed E-state index contributed by atoms with van der Waals surface area (Å²) in [6.45, 7) is 16.5. The first-order valence-corrected chi connectivity index (χ1v) is 11.2. The molecule has 0 aliphatic heterocycles. The van der Waals surface area contributed by atoms with Crippen LogP contribution < -0.4 is 0 Å². The van der Waals surface area contributed by atoms with Gasteiger partial charge in [0.2, 0.25) is 0 Å². The van der Waals surface area contributed by atoms with Crippen LogP contribution in [0, 0.1) is 33.1 Å². The molecule has 1 aliphatic carbocycles. The minimum Gasteiger partial charge on any atom is -0.307 e. The van der Waals surface area contributed by atoms with E-state index in [1.807, 2.05) is 27.4 Å². The van der Waals surface area contributed by atoms with Crippen molar-refractivity contribution in [2.75, 3.05) is 0 Å². The lowest BCUT2D eigenvalue weighted by Crippen LogP contribution is -2.21. The molecule has 1 unspecified atom stereocenters. The van der Waals surface area contributed by atoms with Gasteiger partial charge in [-0.2, -0.15) is 0 Å². The zero-order valence-corrected chi connectivity index (χ0v) is 20.8. The van der Waals surface area contributed by atoms with E-state index >= 15 is 0 Å². The third kappa shape index (κ3) is 12.9. The summed E-state index contributed by atoms with van der Waals surface area (Å²) in [6.07, 6.45) is 9.86. The highest BCUT2D eigenvalue weighted by atomic mass is 16.1. The van der Waals surface area contributed by atoms with Crippen molar-refractivity contribution in [1.29, 1.82) is 0 Å². The van der Waals surface area contributed by atoms with Crippen LogP contribution in [0.5, 0.6) is 0 Å². The summed E-state index contributed by atoms with van der Waals surface area (Å²) < 4.78 is 0. The highest BCUT2D eigenvalue weighted by molar-refractivity contribution is 5.88. The number of benzene rings is 2. The summed E-state index contributed by atoms with van der Waals surface area (Å²) in [6, 6.07) is 13.1. The minimum absolute atomic E-state index is 0. The molecule has 0 saturated heterocycles. The molecule has 0 amide bonds. The van der Waals surface area contributed by atoms with Gasteiger partial charge in [0.15, 0.2) is 0 Å². The number of Topliss-reactive ketones (excluding diaryl/α,β-unsaturated/α-hetero) is 1. The Labute approximate surface area is 211 Å². The number of carbonyl (C=O) groups excluding carboxylic acids is 3. The minimum atomic E-state index is -0.0608. The van der Waals surface area contributed by atoms with E-state index in [1.165, 1.54) is 46.2 Å². The van der Waals surface area contributed by atoms with Crippen LogP contribution in [0.25, 0.3) is 0 Å². The highest BCUT2D eigenvalue weighted by Gasteiger charge is 2.28. The number of carbonyl (C=O) groups is 3. The average molecular weight is 471 g/mol. The fourth-order valence-corrected chi connectivity index (χ4v) is 3.74. The zero-order valence-electron chi connectivity index (χ0n) is 20.8. The first kappa shape index (κ1) is 38.3. The van der Waals surface area contributed by atoms with Crippen molar-refractivity contribution in [2.45, 2.75) is 94.4 Å². The lowest BCUT2D eigenvalue weighted by atomic mass is 9.77. The van der Waals surface area contributed by atoms with Crippen LogP contribution in [0.15, 0.2) is 36.4 Å². The van der Waals surface area contributed by atoms with Crippen molar-refractivity contribution in [3.8, 4) is 12.3 Å². The standard InChI is InChI=1S/C15H16O.C10H14.C2H6.2CH2O.2CH4.H2/c1-4-5-13-14(16)7-6-12-9-10(2)8-11(3)15(12)13;1-3-4-10-7-5-9(2)6-8-10;3*1-2;;;/h1,8-9,13H,5-7H2,2-3H3;5-8H,3-4H2,1-2H3;1-2H3;2*1H2;2*1H4;1H. The fourth-order valence-electron chi connectivity index (χ4n) is 3.74. The molecule has 1 atom stereocenters. The summed E-state index contributed by atoms with van der Waals surface area (Å²) in [7, 11) is 0. The molecule has 0 spiro atoms. The van der Waals surface area contributed by atoms with Crippen LogP contribution in [0.2, 0.25) is 0 Å². The predicted octanol–water partition coefficient (Wildman–Crippen LogP) is 8.05. The zero-order chi connectivity index (χ0) is 25.1. The molecule has 0 radical (unpaired) electrons. The van der Waals surface area contributed by atoms with Gasteiger partial charge in [0.25, 0.3) is 0 Å². The lowest BCUT2D eigenvalue weighted by molar-refractivity contribution is -0.120. The molecule has 3 heteroatoms. The second kappa shape index (κ2) is 23.2. The molecule has 0 N–H and O–H groups in total. The van der Waals surface area contributed by atoms with E-state index in [0.717, 1.165) is 6.42 Å². The molecule has 1 aliphatic rings. The summed E-state index contributed by atoms with van der Waals surface area (Å²) in [5, 5.41) is 0. The highest BCUT2D eigenvalue weighted by Crippen LogP contribution is 2.34.